The molecule has 0 aliphatic carbocycles. The Morgan fingerprint density at radius 2 is 1.70 bits per heavy atom. The van der Waals surface area contributed by atoms with Gasteiger partial charge in [0.1, 0.15) is 0 Å². The number of aryl methyl sites for hydroxylation is 1. The zero-order chi connectivity index (χ0) is 21.9. The highest BCUT2D eigenvalue weighted by Crippen LogP contribution is 2.36. The zero-order valence-corrected chi connectivity index (χ0v) is 18.9. The van der Waals surface area contributed by atoms with Crippen molar-refractivity contribution in [2.45, 2.75) is 33.6 Å². The number of hydrogen-bond acceptors (Lipinski definition) is 5. The Morgan fingerprint density at radius 1 is 1.03 bits per heavy atom. The summed E-state index contributed by atoms with van der Waals surface area (Å²) in [4.78, 5) is 23.9. The predicted octanol–water partition coefficient (Wildman–Crippen LogP) is 4.42. The fraction of sp³-hybridized carbons (Fsp3) is 0.318. The van der Waals surface area contributed by atoms with Crippen LogP contribution in [0.2, 0.25) is 0 Å². The van der Waals surface area contributed by atoms with Crippen LogP contribution in [0, 0.1) is 6.92 Å². The Hall–Kier alpha value is -2.87. The third-order valence-corrected chi connectivity index (χ3v) is 4.53. The van der Waals surface area contributed by atoms with Gasteiger partial charge in [0.25, 0.3) is 0 Å². The molecule has 2 aromatic carbocycles. The molecule has 0 radical (unpaired) electrons. The second-order valence-corrected chi connectivity index (χ2v) is 7.26. The molecule has 0 saturated carbocycles. The topological polar surface area (TPSA) is 89.0 Å². The van der Waals surface area contributed by atoms with Gasteiger partial charge in [0, 0.05) is 18.5 Å². The normalized spacial score (nSPS) is 10.7. The van der Waals surface area contributed by atoms with Crippen LogP contribution in [0.25, 0.3) is 0 Å². The van der Waals surface area contributed by atoms with Crippen molar-refractivity contribution in [1.29, 1.82) is 0 Å². The first kappa shape index (κ1) is 23.4. The number of carbonyl (C=O) groups is 2. The van der Waals surface area contributed by atoms with Gasteiger partial charge in [-0.05, 0) is 66.5 Å². The van der Waals surface area contributed by atoms with Crippen molar-refractivity contribution in [1.82, 2.24) is 5.43 Å². The summed E-state index contributed by atoms with van der Waals surface area (Å²) >= 11 is 3.46. The molecular formula is C22H26BrN3O4. The van der Waals surface area contributed by atoms with Gasteiger partial charge >= 0.3 is 0 Å². The van der Waals surface area contributed by atoms with Crippen LogP contribution in [-0.4, -0.2) is 31.2 Å². The molecule has 8 heteroatoms. The Labute approximate surface area is 185 Å². The Kier molecular flexibility index (Phi) is 9.34. The second-order valence-electron chi connectivity index (χ2n) is 6.40. The first-order valence-electron chi connectivity index (χ1n) is 9.70. The van der Waals surface area contributed by atoms with Gasteiger partial charge < -0.3 is 14.8 Å². The summed E-state index contributed by atoms with van der Waals surface area (Å²) < 4.78 is 11.9. The van der Waals surface area contributed by atoms with E-state index in [0.717, 1.165) is 15.6 Å². The number of carbonyl (C=O) groups excluding carboxylic acids is 2. The van der Waals surface area contributed by atoms with E-state index in [-0.39, 0.29) is 24.7 Å². The highest BCUT2D eigenvalue weighted by atomic mass is 79.9. The molecule has 30 heavy (non-hydrogen) atoms. The molecule has 2 amide bonds. The number of rotatable bonds is 10. The van der Waals surface area contributed by atoms with Crippen LogP contribution in [0.1, 0.15) is 37.8 Å². The molecule has 2 N–H and O–H groups in total. The number of benzene rings is 2. The SMILES string of the molecule is CCOc1cc(C=NNC(=O)CCC(=O)Nc2ccc(C)cc2)cc(Br)c1OCC. The molecule has 0 aliphatic heterocycles. The van der Waals surface area contributed by atoms with Gasteiger partial charge in [-0.1, -0.05) is 17.7 Å². The minimum atomic E-state index is -0.347. The first-order valence-corrected chi connectivity index (χ1v) is 10.5. The summed E-state index contributed by atoms with van der Waals surface area (Å²) in [5.41, 5.74) is 4.97. The van der Waals surface area contributed by atoms with E-state index in [2.05, 4.69) is 31.8 Å². The lowest BCUT2D eigenvalue weighted by atomic mass is 10.2. The van der Waals surface area contributed by atoms with Crippen LogP contribution in [0.5, 0.6) is 11.5 Å². The molecule has 0 aliphatic rings. The standard InChI is InChI=1S/C22H26BrN3O4/c1-4-29-19-13-16(12-18(23)22(19)30-5-2)14-24-26-21(28)11-10-20(27)25-17-8-6-15(3)7-9-17/h6-9,12-14H,4-5,10-11H2,1-3H3,(H,25,27)(H,26,28). The lowest BCUT2D eigenvalue weighted by Crippen LogP contribution is -2.20. The molecule has 0 saturated heterocycles. The minimum Gasteiger partial charge on any atom is -0.490 e. The molecule has 0 fully saturated rings. The maximum absolute atomic E-state index is 12.0. The van der Waals surface area contributed by atoms with E-state index in [4.69, 9.17) is 9.47 Å². The quantitative estimate of drug-likeness (QED) is 0.393. The Balaban J connectivity index is 1.86. The number of hydrazone groups is 1. The fourth-order valence-corrected chi connectivity index (χ4v) is 3.11. The summed E-state index contributed by atoms with van der Waals surface area (Å²) in [5, 5.41) is 6.72. The lowest BCUT2D eigenvalue weighted by molar-refractivity contribution is -0.124. The van der Waals surface area contributed by atoms with Gasteiger partial charge in [0.15, 0.2) is 11.5 Å². The third kappa shape index (κ3) is 7.51. The molecule has 2 aromatic rings. The van der Waals surface area contributed by atoms with E-state index in [9.17, 15) is 9.59 Å². The molecule has 2 rings (SSSR count). The van der Waals surface area contributed by atoms with Gasteiger partial charge in [0.05, 0.1) is 23.9 Å². The van der Waals surface area contributed by atoms with Crippen LogP contribution in [0.3, 0.4) is 0 Å². The van der Waals surface area contributed by atoms with Crippen LogP contribution in [-0.2, 0) is 9.59 Å². The van der Waals surface area contributed by atoms with Crippen LogP contribution >= 0.6 is 15.9 Å². The molecule has 0 atom stereocenters. The monoisotopic (exact) mass is 475 g/mol. The highest BCUT2D eigenvalue weighted by Gasteiger charge is 2.11. The number of ether oxygens (including phenoxy) is 2. The summed E-state index contributed by atoms with van der Waals surface area (Å²) in [6.07, 6.45) is 1.61. The number of hydrogen-bond donors (Lipinski definition) is 2. The minimum absolute atomic E-state index is 0.0339. The van der Waals surface area contributed by atoms with Crippen molar-refractivity contribution in [2.75, 3.05) is 18.5 Å². The maximum atomic E-state index is 12.0. The van der Waals surface area contributed by atoms with Gasteiger partial charge in [-0.2, -0.15) is 5.10 Å². The van der Waals surface area contributed by atoms with Gasteiger partial charge in [-0.25, -0.2) is 5.43 Å². The number of nitrogens with zero attached hydrogens (tertiary/aromatic N) is 1. The van der Waals surface area contributed by atoms with Crippen molar-refractivity contribution in [3.05, 3.63) is 52.0 Å². The second kappa shape index (κ2) is 12.0. The van der Waals surface area contributed by atoms with Gasteiger partial charge in [-0.3, -0.25) is 9.59 Å². The highest BCUT2D eigenvalue weighted by molar-refractivity contribution is 9.10. The van der Waals surface area contributed by atoms with E-state index >= 15 is 0 Å². The smallest absolute Gasteiger partial charge is 0.240 e. The molecule has 0 spiro atoms. The van der Waals surface area contributed by atoms with Crippen molar-refractivity contribution in [3.63, 3.8) is 0 Å². The van der Waals surface area contributed by atoms with Crippen LogP contribution < -0.4 is 20.2 Å². The molecule has 0 heterocycles. The molecular weight excluding hydrogens is 450 g/mol. The number of anilines is 1. The number of amides is 2. The maximum Gasteiger partial charge on any atom is 0.240 e. The van der Waals surface area contributed by atoms with Crippen LogP contribution in [0.4, 0.5) is 5.69 Å². The molecule has 160 valence electrons. The predicted molar refractivity (Wildman–Crippen MR) is 121 cm³/mol. The fourth-order valence-electron chi connectivity index (χ4n) is 2.53. The molecule has 0 bridgehead atoms. The van der Waals surface area contributed by atoms with Crippen molar-refractivity contribution in [2.24, 2.45) is 5.10 Å². The first-order chi connectivity index (χ1) is 14.4. The molecule has 0 aromatic heterocycles. The van der Waals surface area contributed by atoms with Gasteiger partial charge in [-0.15, -0.1) is 0 Å². The Bertz CT molecular complexity index is 898. The summed E-state index contributed by atoms with van der Waals surface area (Å²) in [7, 11) is 0. The summed E-state index contributed by atoms with van der Waals surface area (Å²) in [6, 6.07) is 11.1. The molecule has 7 nitrogen and oxygen atoms in total. The van der Waals surface area contributed by atoms with Crippen molar-refractivity contribution >= 4 is 39.6 Å². The largest absolute Gasteiger partial charge is 0.490 e. The summed E-state index contributed by atoms with van der Waals surface area (Å²) in [5.74, 6) is 0.643. The van der Waals surface area contributed by atoms with E-state index < -0.39 is 0 Å². The van der Waals surface area contributed by atoms with Crippen molar-refractivity contribution < 1.29 is 19.1 Å². The van der Waals surface area contributed by atoms with E-state index in [1.807, 2.05) is 51.1 Å². The van der Waals surface area contributed by atoms with Crippen molar-refractivity contribution in [3.8, 4) is 11.5 Å². The zero-order valence-electron chi connectivity index (χ0n) is 17.3. The Morgan fingerprint density at radius 3 is 2.37 bits per heavy atom. The van der Waals surface area contributed by atoms with E-state index in [1.54, 1.807) is 6.07 Å². The summed E-state index contributed by atoms with van der Waals surface area (Å²) in [6.45, 7) is 6.77. The number of halogens is 1. The van der Waals surface area contributed by atoms with E-state index in [0.29, 0.717) is 30.4 Å². The molecule has 0 unspecified atom stereocenters. The average molecular weight is 476 g/mol. The lowest BCUT2D eigenvalue weighted by Gasteiger charge is -2.13. The average Bonchev–Trinajstić information content (AvgIpc) is 2.71. The van der Waals surface area contributed by atoms with E-state index in [1.165, 1.54) is 6.21 Å². The third-order valence-electron chi connectivity index (χ3n) is 3.94. The van der Waals surface area contributed by atoms with Gasteiger partial charge in [0.2, 0.25) is 11.8 Å². The van der Waals surface area contributed by atoms with Crippen LogP contribution in [0.15, 0.2) is 46.0 Å². The number of nitrogens with one attached hydrogen (secondary N) is 2.